The van der Waals surface area contributed by atoms with Gasteiger partial charge in [-0.05, 0) is 40.5 Å². The smallest absolute Gasteiger partial charge is 0.139 e. The zero-order valence-corrected chi connectivity index (χ0v) is 10.9. The summed E-state index contributed by atoms with van der Waals surface area (Å²) in [4.78, 5) is 0. The normalized spacial score (nSPS) is 27.3. The molecule has 1 saturated carbocycles. The van der Waals surface area contributed by atoms with Gasteiger partial charge in [0.25, 0.3) is 0 Å². The Labute approximate surface area is 103 Å². The number of halogens is 2. The van der Waals surface area contributed by atoms with Crippen LogP contribution in [0.3, 0.4) is 0 Å². The minimum atomic E-state index is -0.275. The van der Waals surface area contributed by atoms with E-state index in [4.69, 9.17) is 0 Å². The highest BCUT2D eigenvalue weighted by atomic mass is 79.9. The fourth-order valence-corrected chi connectivity index (χ4v) is 2.18. The maximum Gasteiger partial charge on any atom is 0.139 e. The van der Waals surface area contributed by atoms with E-state index in [9.17, 15) is 9.50 Å². The number of rotatable bonds is 2. The lowest BCUT2D eigenvalue weighted by Gasteiger charge is -2.49. The van der Waals surface area contributed by atoms with Gasteiger partial charge in [-0.3, -0.25) is 0 Å². The molecule has 2 atom stereocenters. The first-order valence-electron chi connectivity index (χ1n) is 5.31. The molecule has 0 amide bonds. The summed E-state index contributed by atoms with van der Waals surface area (Å²) >= 11 is 3.12. The number of aliphatic hydroxyl groups excluding tert-OH is 1. The van der Waals surface area contributed by atoms with Gasteiger partial charge in [0.1, 0.15) is 5.82 Å². The van der Waals surface area contributed by atoms with E-state index in [1.165, 1.54) is 6.07 Å². The Bertz CT molecular complexity index is 408. The third kappa shape index (κ3) is 1.96. The van der Waals surface area contributed by atoms with Crippen LogP contribution in [0.1, 0.15) is 20.3 Å². The van der Waals surface area contributed by atoms with Gasteiger partial charge in [-0.25, -0.2) is 4.39 Å². The fraction of sp³-hybridized carbons (Fsp3) is 0.500. The predicted molar refractivity (Wildman–Crippen MR) is 65.9 cm³/mol. The molecule has 1 aromatic carbocycles. The quantitative estimate of drug-likeness (QED) is 0.876. The Balaban J connectivity index is 2.08. The topological polar surface area (TPSA) is 32.3 Å². The molecule has 16 heavy (non-hydrogen) atoms. The van der Waals surface area contributed by atoms with Crippen molar-refractivity contribution in [3.8, 4) is 0 Å². The second-order valence-corrected chi connectivity index (χ2v) is 5.75. The third-order valence-corrected chi connectivity index (χ3v) is 4.12. The van der Waals surface area contributed by atoms with Crippen LogP contribution in [0.25, 0.3) is 0 Å². The van der Waals surface area contributed by atoms with Crippen molar-refractivity contribution in [3.63, 3.8) is 0 Å². The van der Waals surface area contributed by atoms with Crippen LogP contribution >= 0.6 is 15.9 Å². The molecule has 2 nitrogen and oxygen atoms in total. The molecular weight excluding hydrogens is 273 g/mol. The monoisotopic (exact) mass is 287 g/mol. The Kier molecular flexibility index (Phi) is 2.97. The van der Waals surface area contributed by atoms with E-state index < -0.39 is 0 Å². The van der Waals surface area contributed by atoms with E-state index in [-0.39, 0.29) is 23.4 Å². The molecule has 0 aliphatic heterocycles. The molecule has 2 N–H and O–H groups in total. The molecule has 1 fully saturated rings. The molecule has 0 aromatic heterocycles. The first-order valence-corrected chi connectivity index (χ1v) is 6.10. The average Bonchev–Trinajstić information content (AvgIpc) is 2.23. The van der Waals surface area contributed by atoms with Gasteiger partial charge in [-0.1, -0.05) is 13.8 Å². The molecule has 1 aromatic rings. The zero-order valence-electron chi connectivity index (χ0n) is 9.30. The van der Waals surface area contributed by atoms with Crippen molar-refractivity contribution in [2.24, 2.45) is 5.41 Å². The van der Waals surface area contributed by atoms with Gasteiger partial charge in [0.05, 0.1) is 10.6 Å². The Morgan fingerprint density at radius 1 is 1.50 bits per heavy atom. The van der Waals surface area contributed by atoms with E-state index in [0.29, 0.717) is 10.9 Å². The van der Waals surface area contributed by atoms with Crippen molar-refractivity contribution in [1.82, 2.24) is 0 Å². The number of anilines is 1. The van der Waals surface area contributed by atoms with Gasteiger partial charge < -0.3 is 10.4 Å². The van der Waals surface area contributed by atoms with Crippen molar-refractivity contribution in [2.45, 2.75) is 32.4 Å². The lowest BCUT2D eigenvalue weighted by Crippen LogP contribution is -2.56. The zero-order chi connectivity index (χ0) is 11.9. The lowest BCUT2D eigenvalue weighted by molar-refractivity contribution is -0.0510. The average molecular weight is 288 g/mol. The van der Waals surface area contributed by atoms with Crippen molar-refractivity contribution < 1.29 is 9.50 Å². The summed E-state index contributed by atoms with van der Waals surface area (Å²) in [7, 11) is 0. The van der Waals surface area contributed by atoms with Crippen molar-refractivity contribution in [3.05, 3.63) is 28.5 Å². The molecule has 0 spiro atoms. The summed E-state index contributed by atoms with van der Waals surface area (Å²) in [6, 6.07) is 5.17. The third-order valence-electron chi connectivity index (χ3n) is 3.48. The van der Waals surface area contributed by atoms with Crippen LogP contribution in [0.5, 0.6) is 0 Å². The minimum Gasteiger partial charge on any atom is -0.392 e. The molecule has 2 rings (SSSR count). The molecule has 4 heteroatoms. The minimum absolute atomic E-state index is 0.149. The number of benzene rings is 1. The Morgan fingerprint density at radius 2 is 2.19 bits per heavy atom. The van der Waals surface area contributed by atoms with Gasteiger partial charge in [-0.15, -0.1) is 0 Å². The lowest BCUT2D eigenvalue weighted by atomic mass is 9.64. The molecule has 2 unspecified atom stereocenters. The van der Waals surface area contributed by atoms with E-state index in [1.807, 2.05) is 19.9 Å². The van der Waals surface area contributed by atoms with E-state index >= 15 is 0 Å². The maximum atomic E-state index is 13.3. The van der Waals surface area contributed by atoms with Gasteiger partial charge >= 0.3 is 0 Å². The Morgan fingerprint density at radius 3 is 2.69 bits per heavy atom. The summed E-state index contributed by atoms with van der Waals surface area (Å²) in [5.74, 6) is -0.275. The molecule has 1 aliphatic rings. The van der Waals surface area contributed by atoms with Crippen molar-refractivity contribution in [2.75, 3.05) is 5.32 Å². The number of hydrogen-bond donors (Lipinski definition) is 2. The molecule has 0 saturated heterocycles. The van der Waals surface area contributed by atoms with Gasteiger partial charge in [0.15, 0.2) is 0 Å². The van der Waals surface area contributed by atoms with E-state index in [2.05, 4.69) is 21.2 Å². The van der Waals surface area contributed by atoms with Crippen LogP contribution in [0.4, 0.5) is 10.1 Å². The van der Waals surface area contributed by atoms with Crippen molar-refractivity contribution >= 4 is 21.6 Å². The standard InChI is InChI=1S/C12H15BrFNO/c1-12(2)10(6-11(12)16)15-7-3-4-8(13)9(14)5-7/h3-5,10-11,15-16H,6H2,1-2H3. The fourth-order valence-electron chi connectivity index (χ4n) is 1.93. The molecule has 1 aliphatic carbocycles. The largest absolute Gasteiger partial charge is 0.392 e. The molecular formula is C12H15BrFNO. The summed E-state index contributed by atoms with van der Waals surface area (Å²) in [6.45, 7) is 4.02. The number of aliphatic hydroxyl groups is 1. The SMILES string of the molecule is CC1(C)C(O)CC1Nc1ccc(Br)c(F)c1. The summed E-state index contributed by atoms with van der Waals surface area (Å²) in [6.07, 6.45) is 0.440. The second kappa shape index (κ2) is 4.00. The molecule has 0 radical (unpaired) electrons. The van der Waals surface area contributed by atoms with Gasteiger partial charge in [-0.2, -0.15) is 0 Å². The van der Waals surface area contributed by atoms with Crippen LogP contribution in [-0.2, 0) is 0 Å². The van der Waals surface area contributed by atoms with Gasteiger partial charge in [0, 0.05) is 17.1 Å². The Hall–Kier alpha value is -0.610. The number of hydrogen-bond acceptors (Lipinski definition) is 2. The van der Waals surface area contributed by atoms with Gasteiger partial charge in [0.2, 0.25) is 0 Å². The van der Waals surface area contributed by atoms with Crippen molar-refractivity contribution in [1.29, 1.82) is 0 Å². The highest BCUT2D eigenvalue weighted by Gasteiger charge is 2.47. The van der Waals surface area contributed by atoms with Crippen LogP contribution in [0.2, 0.25) is 0 Å². The highest BCUT2D eigenvalue weighted by Crippen LogP contribution is 2.42. The van der Waals surface area contributed by atoms with Crippen LogP contribution in [-0.4, -0.2) is 17.3 Å². The van der Waals surface area contributed by atoms with Crippen LogP contribution in [0.15, 0.2) is 22.7 Å². The van der Waals surface area contributed by atoms with E-state index in [1.54, 1.807) is 6.07 Å². The summed E-state index contributed by atoms with van der Waals surface area (Å²) < 4.78 is 13.7. The molecule has 0 bridgehead atoms. The number of nitrogens with one attached hydrogen (secondary N) is 1. The molecule has 0 heterocycles. The first-order chi connectivity index (χ1) is 7.41. The maximum absolute atomic E-state index is 13.3. The first kappa shape index (κ1) is 11.9. The van der Waals surface area contributed by atoms with E-state index in [0.717, 1.165) is 5.69 Å². The highest BCUT2D eigenvalue weighted by molar-refractivity contribution is 9.10. The summed E-state index contributed by atoms with van der Waals surface area (Å²) in [5.41, 5.74) is 0.606. The molecule has 88 valence electrons. The van der Waals surface area contributed by atoms with Crippen LogP contribution in [0, 0.1) is 11.2 Å². The van der Waals surface area contributed by atoms with Crippen LogP contribution < -0.4 is 5.32 Å². The second-order valence-electron chi connectivity index (χ2n) is 4.90. The summed E-state index contributed by atoms with van der Waals surface area (Å²) in [5, 5.41) is 12.8. The predicted octanol–water partition coefficient (Wildman–Crippen LogP) is 3.16.